The highest BCUT2D eigenvalue weighted by Crippen LogP contribution is 2.30. The van der Waals surface area contributed by atoms with Gasteiger partial charge in [0.2, 0.25) is 0 Å². The molecule has 3 rings (SSSR count). The van der Waals surface area contributed by atoms with E-state index in [1.54, 1.807) is 30.5 Å². The Labute approximate surface area is 164 Å². The van der Waals surface area contributed by atoms with Crippen LogP contribution in [0.1, 0.15) is 16.8 Å². The normalized spacial score (nSPS) is 10.6. The van der Waals surface area contributed by atoms with Gasteiger partial charge in [-0.3, -0.25) is 19.9 Å². The number of nitrogens with zero attached hydrogens (tertiary/aromatic N) is 2. The number of nitro groups is 1. The summed E-state index contributed by atoms with van der Waals surface area (Å²) in [5.74, 6) is -0.116. The van der Waals surface area contributed by atoms with E-state index in [1.807, 2.05) is 12.1 Å². The molecule has 0 saturated carbocycles. The zero-order valence-corrected chi connectivity index (χ0v) is 15.9. The summed E-state index contributed by atoms with van der Waals surface area (Å²) in [5.41, 5.74) is 1.45. The number of non-ortho nitro benzene ring substituents is 1. The van der Waals surface area contributed by atoms with E-state index >= 15 is 0 Å². The van der Waals surface area contributed by atoms with Gasteiger partial charge in [0.1, 0.15) is 0 Å². The van der Waals surface area contributed by atoms with E-state index in [4.69, 9.17) is 0 Å². The minimum Gasteiger partial charge on any atom is -0.384 e. The topological polar surface area (TPSA) is 97.2 Å². The van der Waals surface area contributed by atoms with Gasteiger partial charge in [-0.2, -0.15) is 0 Å². The van der Waals surface area contributed by atoms with Crippen LogP contribution >= 0.6 is 15.9 Å². The van der Waals surface area contributed by atoms with Crippen LogP contribution in [0.25, 0.3) is 10.8 Å². The van der Waals surface area contributed by atoms with Crippen molar-refractivity contribution in [2.45, 2.75) is 6.42 Å². The predicted octanol–water partition coefficient (Wildman–Crippen LogP) is 4.14. The molecule has 2 aromatic carbocycles. The Kier molecular flexibility index (Phi) is 5.97. The number of hydrogen-bond acceptors (Lipinski definition) is 5. The standard InChI is InChI=1S/C19H17BrN4O3/c20-14-4-2-13(3-5-14)19(25)23-10-1-9-22-17-6-7-18(24(26)27)16-12-21-11-8-15(16)17/h2-8,11-12,22H,1,9-10H2,(H,23,25). The number of anilines is 1. The van der Waals surface area contributed by atoms with Crippen LogP contribution in [0.5, 0.6) is 0 Å². The first-order valence-electron chi connectivity index (χ1n) is 8.35. The first kappa shape index (κ1) is 18.8. The summed E-state index contributed by atoms with van der Waals surface area (Å²) in [6, 6.07) is 12.1. The third-order valence-electron chi connectivity index (χ3n) is 4.05. The second-order valence-corrected chi connectivity index (χ2v) is 6.77. The zero-order chi connectivity index (χ0) is 19.2. The number of pyridine rings is 1. The van der Waals surface area contributed by atoms with Crippen LogP contribution in [0.2, 0.25) is 0 Å². The van der Waals surface area contributed by atoms with Crippen molar-refractivity contribution in [1.82, 2.24) is 10.3 Å². The van der Waals surface area contributed by atoms with Gasteiger partial charge in [0.15, 0.2) is 0 Å². The number of rotatable bonds is 7. The molecule has 0 saturated heterocycles. The maximum Gasteiger partial charge on any atom is 0.278 e. The van der Waals surface area contributed by atoms with E-state index in [9.17, 15) is 14.9 Å². The molecule has 0 aliphatic rings. The lowest BCUT2D eigenvalue weighted by Crippen LogP contribution is -2.25. The van der Waals surface area contributed by atoms with Crippen molar-refractivity contribution in [2.24, 2.45) is 0 Å². The number of aromatic nitrogens is 1. The van der Waals surface area contributed by atoms with Crippen molar-refractivity contribution in [3.63, 3.8) is 0 Å². The molecule has 0 atom stereocenters. The molecule has 27 heavy (non-hydrogen) atoms. The first-order chi connectivity index (χ1) is 13.1. The van der Waals surface area contributed by atoms with Crippen LogP contribution in [-0.2, 0) is 0 Å². The highest BCUT2D eigenvalue weighted by molar-refractivity contribution is 9.10. The summed E-state index contributed by atoms with van der Waals surface area (Å²) in [6.07, 6.45) is 3.82. The van der Waals surface area contributed by atoms with Crippen LogP contribution in [0, 0.1) is 10.1 Å². The van der Waals surface area contributed by atoms with E-state index in [-0.39, 0.29) is 11.6 Å². The fourth-order valence-electron chi connectivity index (χ4n) is 2.71. The quantitative estimate of drug-likeness (QED) is 0.334. The van der Waals surface area contributed by atoms with E-state index in [0.717, 1.165) is 15.5 Å². The first-order valence-corrected chi connectivity index (χ1v) is 9.14. The number of nitro benzene ring substituents is 1. The number of carbonyl (C=O) groups is 1. The third kappa shape index (κ3) is 4.59. The maximum atomic E-state index is 12.0. The molecule has 8 heteroatoms. The number of carbonyl (C=O) groups excluding carboxylic acids is 1. The molecule has 1 heterocycles. The fourth-order valence-corrected chi connectivity index (χ4v) is 2.97. The number of benzene rings is 2. The van der Waals surface area contributed by atoms with Crippen molar-refractivity contribution in [3.8, 4) is 0 Å². The summed E-state index contributed by atoms with van der Waals surface area (Å²) in [4.78, 5) is 26.8. The van der Waals surface area contributed by atoms with Gasteiger partial charge < -0.3 is 10.6 Å². The Morgan fingerprint density at radius 3 is 2.59 bits per heavy atom. The van der Waals surface area contributed by atoms with Crippen LogP contribution in [0.4, 0.5) is 11.4 Å². The van der Waals surface area contributed by atoms with Gasteiger partial charge >= 0.3 is 0 Å². The lowest BCUT2D eigenvalue weighted by Gasteiger charge is -2.10. The molecule has 2 N–H and O–H groups in total. The number of amides is 1. The minimum atomic E-state index is -0.411. The predicted molar refractivity (Wildman–Crippen MR) is 108 cm³/mol. The number of nitrogens with one attached hydrogen (secondary N) is 2. The van der Waals surface area contributed by atoms with Gasteiger partial charge in [-0.25, -0.2) is 0 Å². The van der Waals surface area contributed by atoms with Crippen molar-refractivity contribution in [1.29, 1.82) is 0 Å². The second-order valence-electron chi connectivity index (χ2n) is 5.85. The maximum absolute atomic E-state index is 12.0. The molecule has 0 fully saturated rings. The summed E-state index contributed by atoms with van der Waals surface area (Å²) >= 11 is 3.34. The van der Waals surface area contributed by atoms with Gasteiger partial charge in [0, 0.05) is 52.7 Å². The van der Waals surface area contributed by atoms with E-state index in [0.29, 0.717) is 30.5 Å². The Morgan fingerprint density at radius 2 is 1.85 bits per heavy atom. The van der Waals surface area contributed by atoms with Gasteiger partial charge in [-0.15, -0.1) is 0 Å². The average Bonchev–Trinajstić information content (AvgIpc) is 2.67. The monoisotopic (exact) mass is 428 g/mol. The highest BCUT2D eigenvalue weighted by Gasteiger charge is 2.14. The van der Waals surface area contributed by atoms with Crippen LogP contribution in [0.3, 0.4) is 0 Å². The molecular formula is C19H17BrN4O3. The van der Waals surface area contributed by atoms with Crippen LogP contribution < -0.4 is 10.6 Å². The summed E-state index contributed by atoms with van der Waals surface area (Å²) < 4.78 is 0.925. The summed E-state index contributed by atoms with van der Waals surface area (Å²) in [5, 5.41) is 18.5. The van der Waals surface area contributed by atoms with Crippen molar-refractivity contribution in [2.75, 3.05) is 18.4 Å². The summed E-state index contributed by atoms with van der Waals surface area (Å²) in [6.45, 7) is 1.14. The number of fused-ring (bicyclic) bond motifs is 1. The van der Waals surface area contributed by atoms with Crippen LogP contribution in [-0.4, -0.2) is 28.9 Å². The molecule has 0 bridgehead atoms. The lowest BCUT2D eigenvalue weighted by atomic mass is 10.1. The fraction of sp³-hybridized carbons (Fsp3) is 0.158. The average molecular weight is 429 g/mol. The molecule has 0 aliphatic heterocycles. The molecule has 1 aromatic heterocycles. The zero-order valence-electron chi connectivity index (χ0n) is 14.3. The Morgan fingerprint density at radius 1 is 1.07 bits per heavy atom. The Balaban J connectivity index is 1.55. The van der Waals surface area contributed by atoms with Crippen molar-refractivity contribution >= 4 is 44.0 Å². The largest absolute Gasteiger partial charge is 0.384 e. The highest BCUT2D eigenvalue weighted by atomic mass is 79.9. The van der Waals surface area contributed by atoms with E-state index < -0.39 is 4.92 Å². The number of halogens is 1. The number of hydrogen-bond donors (Lipinski definition) is 2. The molecule has 138 valence electrons. The van der Waals surface area contributed by atoms with Gasteiger partial charge in [-0.05, 0) is 42.8 Å². The minimum absolute atomic E-state index is 0.0328. The summed E-state index contributed by atoms with van der Waals surface area (Å²) in [7, 11) is 0. The lowest BCUT2D eigenvalue weighted by molar-refractivity contribution is -0.383. The Bertz CT molecular complexity index is 976. The molecule has 0 unspecified atom stereocenters. The van der Waals surface area contributed by atoms with Gasteiger partial charge in [0.25, 0.3) is 11.6 Å². The second kappa shape index (κ2) is 8.59. The smallest absolute Gasteiger partial charge is 0.278 e. The molecule has 7 nitrogen and oxygen atoms in total. The van der Waals surface area contributed by atoms with Crippen LogP contribution in [0.15, 0.2) is 59.3 Å². The Hall–Kier alpha value is -3.00. The van der Waals surface area contributed by atoms with E-state index in [1.165, 1.54) is 12.3 Å². The molecule has 0 aliphatic carbocycles. The van der Waals surface area contributed by atoms with Gasteiger partial charge in [-0.1, -0.05) is 15.9 Å². The molecule has 1 amide bonds. The molecular weight excluding hydrogens is 412 g/mol. The SMILES string of the molecule is O=C(NCCCNc1ccc([N+](=O)[O-])c2cnccc12)c1ccc(Br)cc1. The molecule has 0 radical (unpaired) electrons. The third-order valence-corrected chi connectivity index (χ3v) is 4.58. The van der Waals surface area contributed by atoms with E-state index in [2.05, 4.69) is 31.5 Å². The molecule has 3 aromatic rings. The van der Waals surface area contributed by atoms with Crippen molar-refractivity contribution in [3.05, 3.63) is 75.0 Å². The van der Waals surface area contributed by atoms with Gasteiger partial charge in [0.05, 0.1) is 10.3 Å². The molecule has 0 spiro atoms. The van der Waals surface area contributed by atoms with Crippen molar-refractivity contribution < 1.29 is 9.72 Å².